The Hall–Kier alpha value is -2.14. The molecule has 0 spiro atoms. The molecule has 1 heterocycles. The first-order chi connectivity index (χ1) is 11.0. The van der Waals surface area contributed by atoms with Crippen LogP contribution in [0.15, 0.2) is 36.4 Å². The Morgan fingerprint density at radius 3 is 2.43 bits per heavy atom. The number of hydrogen-bond acceptors (Lipinski definition) is 4. The topological polar surface area (TPSA) is 55.4 Å². The Bertz CT molecular complexity index is 676. The quantitative estimate of drug-likeness (QED) is 0.822. The summed E-state index contributed by atoms with van der Waals surface area (Å²) in [5.41, 5.74) is 2.28. The molecule has 0 radical (unpaired) electrons. The summed E-state index contributed by atoms with van der Waals surface area (Å²) >= 11 is 1.36. The van der Waals surface area contributed by atoms with Gasteiger partial charge in [0.05, 0.1) is 6.04 Å². The second-order valence-corrected chi connectivity index (χ2v) is 6.66. The number of rotatable bonds is 6. The molecule has 1 N–H and O–H groups in total. The summed E-state index contributed by atoms with van der Waals surface area (Å²) in [6.07, 6.45) is 0.985. The van der Waals surface area contributed by atoms with E-state index in [9.17, 15) is 9.59 Å². The van der Waals surface area contributed by atoms with Crippen molar-refractivity contribution in [2.75, 3.05) is 6.61 Å². The highest BCUT2D eigenvalue weighted by molar-refractivity contribution is 7.13. The highest BCUT2D eigenvalue weighted by Crippen LogP contribution is 2.16. The number of aryl methyl sites for hydroxylation is 2. The lowest BCUT2D eigenvalue weighted by Gasteiger charge is -2.14. The fourth-order valence-electron chi connectivity index (χ4n) is 2.15. The van der Waals surface area contributed by atoms with E-state index in [0.29, 0.717) is 4.88 Å². The standard InChI is InChI=1S/C18H21NO3S/c1-4-14-6-8-15(9-7-14)13(3)19-17(20)11-22-18(21)16-10-5-12(2)23-16/h5-10,13H,4,11H2,1-3H3,(H,19,20)/t13-/m1/s1. The zero-order chi connectivity index (χ0) is 16.8. The Labute approximate surface area is 140 Å². The number of ether oxygens (including phenoxy) is 1. The molecular weight excluding hydrogens is 310 g/mol. The van der Waals surface area contributed by atoms with Crippen LogP contribution in [0.4, 0.5) is 0 Å². The predicted octanol–water partition coefficient (Wildman–Crippen LogP) is 3.65. The summed E-state index contributed by atoms with van der Waals surface area (Å²) in [5, 5.41) is 2.83. The molecule has 2 aromatic rings. The molecule has 1 atom stereocenters. The lowest BCUT2D eigenvalue weighted by Crippen LogP contribution is -2.31. The van der Waals surface area contributed by atoms with Crippen LogP contribution in [0.25, 0.3) is 0 Å². The monoisotopic (exact) mass is 331 g/mol. The molecule has 5 heteroatoms. The van der Waals surface area contributed by atoms with Gasteiger partial charge in [-0.2, -0.15) is 0 Å². The molecule has 0 saturated heterocycles. The molecule has 0 saturated carbocycles. The second kappa shape index (κ2) is 7.92. The van der Waals surface area contributed by atoms with E-state index >= 15 is 0 Å². The molecule has 0 unspecified atom stereocenters. The lowest BCUT2D eigenvalue weighted by atomic mass is 10.1. The van der Waals surface area contributed by atoms with E-state index in [1.165, 1.54) is 16.9 Å². The predicted molar refractivity (Wildman–Crippen MR) is 91.7 cm³/mol. The fourth-order valence-corrected chi connectivity index (χ4v) is 2.92. The van der Waals surface area contributed by atoms with Gasteiger partial charge >= 0.3 is 5.97 Å². The van der Waals surface area contributed by atoms with Crippen molar-refractivity contribution in [3.63, 3.8) is 0 Å². The first kappa shape index (κ1) is 17.2. The number of nitrogens with one attached hydrogen (secondary N) is 1. The Morgan fingerprint density at radius 1 is 1.17 bits per heavy atom. The van der Waals surface area contributed by atoms with E-state index in [2.05, 4.69) is 24.4 Å². The fraction of sp³-hybridized carbons (Fsp3) is 0.333. The van der Waals surface area contributed by atoms with Crippen molar-refractivity contribution in [1.82, 2.24) is 5.32 Å². The maximum absolute atomic E-state index is 11.9. The molecule has 0 aliphatic heterocycles. The van der Waals surface area contributed by atoms with Gasteiger partial charge in [0.1, 0.15) is 4.88 Å². The first-order valence-corrected chi connectivity index (χ1v) is 8.43. The van der Waals surface area contributed by atoms with E-state index in [1.54, 1.807) is 6.07 Å². The van der Waals surface area contributed by atoms with Crippen LogP contribution in [0.3, 0.4) is 0 Å². The average Bonchev–Trinajstić information content (AvgIpc) is 2.99. The summed E-state index contributed by atoms with van der Waals surface area (Å²) in [6, 6.07) is 11.5. The van der Waals surface area contributed by atoms with Crippen molar-refractivity contribution >= 4 is 23.2 Å². The molecule has 1 amide bonds. The number of esters is 1. The number of benzene rings is 1. The molecule has 0 fully saturated rings. The van der Waals surface area contributed by atoms with Crippen molar-refractivity contribution in [2.24, 2.45) is 0 Å². The van der Waals surface area contributed by atoms with Gasteiger partial charge in [-0.1, -0.05) is 31.2 Å². The second-order valence-electron chi connectivity index (χ2n) is 5.37. The average molecular weight is 331 g/mol. The van der Waals surface area contributed by atoms with Crippen molar-refractivity contribution in [3.8, 4) is 0 Å². The van der Waals surface area contributed by atoms with Gasteiger partial charge in [-0.25, -0.2) is 4.79 Å². The smallest absolute Gasteiger partial charge is 0.348 e. The van der Waals surface area contributed by atoms with Crippen LogP contribution in [-0.2, 0) is 16.0 Å². The zero-order valence-electron chi connectivity index (χ0n) is 13.6. The molecule has 1 aromatic carbocycles. The summed E-state index contributed by atoms with van der Waals surface area (Å²) < 4.78 is 5.04. The number of carbonyl (C=O) groups excluding carboxylic acids is 2. The largest absolute Gasteiger partial charge is 0.451 e. The van der Waals surface area contributed by atoms with Crippen molar-refractivity contribution in [2.45, 2.75) is 33.2 Å². The number of amides is 1. The molecule has 0 aliphatic rings. The van der Waals surface area contributed by atoms with Crippen LogP contribution in [0, 0.1) is 6.92 Å². The van der Waals surface area contributed by atoms with Gasteiger partial charge in [-0.05, 0) is 43.5 Å². The molecule has 122 valence electrons. The third-order valence-electron chi connectivity index (χ3n) is 3.54. The lowest BCUT2D eigenvalue weighted by molar-refractivity contribution is -0.124. The SMILES string of the molecule is CCc1ccc([C@@H](C)NC(=O)COC(=O)c2ccc(C)s2)cc1. The highest BCUT2D eigenvalue weighted by Gasteiger charge is 2.14. The Balaban J connectivity index is 1.82. The van der Waals surface area contributed by atoms with Gasteiger partial charge in [0, 0.05) is 4.88 Å². The maximum atomic E-state index is 11.9. The third kappa shape index (κ3) is 4.93. The van der Waals surface area contributed by atoms with Gasteiger partial charge in [-0.3, -0.25) is 4.79 Å². The van der Waals surface area contributed by atoms with Crippen molar-refractivity contribution in [1.29, 1.82) is 0 Å². The highest BCUT2D eigenvalue weighted by atomic mass is 32.1. The van der Waals surface area contributed by atoms with Gasteiger partial charge in [-0.15, -0.1) is 11.3 Å². The van der Waals surface area contributed by atoms with Crippen LogP contribution >= 0.6 is 11.3 Å². The van der Waals surface area contributed by atoms with E-state index in [1.807, 2.05) is 32.0 Å². The van der Waals surface area contributed by atoms with Crippen molar-refractivity contribution < 1.29 is 14.3 Å². The molecule has 4 nitrogen and oxygen atoms in total. The molecule has 0 aliphatic carbocycles. The van der Waals surface area contributed by atoms with E-state index in [-0.39, 0.29) is 18.6 Å². The van der Waals surface area contributed by atoms with Crippen LogP contribution in [0.1, 0.15) is 45.6 Å². The van der Waals surface area contributed by atoms with Gasteiger partial charge in [0.15, 0.2) is 6.61 Å². The minimum Gasteiger partial charge on any atom is -0.451 e. The van der Waals surface area contributed by atoms with Gasteiger partial charge in [0.2, 0.25) is 0 Å². The summed E-state index contributed by atoms with van der Waals surface area (Å²) in [4.78, 5) is 25.2. The van der Waals surface area contributed by atoms with Crippen LogP contribution < -0.4 is 5.32 Å². The summed E-state index contributed by atoms with van der Waals surface area (Å²) in [6.45, 7) is 5.65. The first-order valence-electron chi connectivity index (χ1n) is 7.61. The summed E-state index contributed by atoms with van der Waals surface area (Å²) in [7, 11) is 0. The van der Waals surface area contributed by atoms with Crippen molar-refractivity contribution in [3.05, 3.63) is 57.3 Å². The molecule has 23 heavy (non-hydrogen) atoms. The zero-order valence-corrected chi connectivity index (χ0v) is 14.4. The third-order valence-corrected chi connectivity index (χ3v) is 4.52. The Kier molecular flexibility index (Phi) is 5.93. The summed E-state index contributed by atoms with van der Waals surface area (Å²) in [5.74, 6) is -0.767. The van der Waals surface area contributed by atoms with Crippen LogP contribution in [0.5, 0.6) is 0 Å². The maximum Gasteiger partial charge on any atom is 0.348 e. The normalized spacial score (nSPS) is 11.8. The molecule has 0 bridgehead atoms. The van der Waals surface area contributed by atoms with Crippen LogP contribution in [0.2, 0.25) is 0 Å². The number of carbonyl (C=O) groups is 2. The number of thiophene rings is 1. The molecule has 2 rings (SSSR count). The minimum atomic E-state index is -0.460. The molecular formula is C18H21NO3S. The van der Waals surface area contributed by atoms with Crippen LogP contribution in [-0.4, -0.2) is 18.5 Å². The molecule has 1 aromatic heterocycles. The van der Waals surface area contributed by atoms with Gasteiger partial charge < -0.3 is 10.1 Å². The van der Waals surface area contributed by atoms with E-state index in [0.717, 1.165) is 16.9 Å². The van der Waals surface area contributed by atoms with E-state index < -0.39 is 5.97 Å². The van der Waals surface area contributed by atoms with E-state index in [4.69, 9.17) is 4.74 Å². The number of hydrogen-bond donors (Lipinski definition) is 1. The van der Waals surface area contributed by atoms with Gasteiger partial charge in [0.25, 0.3) is 5.91 Å². The minimum absolute atomic E-state index is 0.129. The Morgan fingerprint density at radius 2 is 1.87 bits per heavy atom.